The van der Waals surface area contributed by atoms with Crippen LogP contribution in [-0.2, 0) is 0 Å². The van der Waals surface area contributed by atoms with Gasteiger partial charge in [0.15, 0.2) is 0 Å². The molecule has 1 aliphatic rings. The van der Waals surface area contributed by atoms with Crippen molar-refractivity contribution in [3.8, 4) is 0 Å². The third-order valence-electron chi connectivity index (χ3n) is 2.66. The smallest absolute Gasteiger partial charge is 0.0351 e. The molecule has 0 spiro atoms. The fourth-order valence-electron chi connectivity index (χ4n) is 1.82. The SMILES string of the molecule is C1=CCCCCCCCCCC1. The summed E-state index contributed by atoms with van der Waals surface area (Å²) in [5.74, 6) is 0. The van der Waals surface area contributed by atoms with Gasteiger partial charge in [0.2, 0.25) is 0 Å². The molecule has 0 aromatic rings. The second-order valence-corrected chi connectivity index (χ2v) is 3.88. The minimum atomic E-state index is 1.32. The molecule has 0 radical (unpaired) electrons. The number of allylic oxidation sites excluding steroid dienone is 2. The van der Waals surface area contributed by atoms with Gasteiger partial charge in [-0.05, 0) is 25.7 Å². The lowest BCUT2D eigenvalue weighted by molar-refractivity contribution is 0.566. The molecule has 0 heterocycles. The Balaban J connectivity index is 2.10. The van der Waals surface area contributed by atoms with Crippen LogP contribution >= 0.6 is 0 Å². The second kappa shape index (κ2) is 7.39. The quantitative estimate of drug-likeness (QED) is 0.466. The minimum Gasteiger partial charge on any atom is -0.0885 e. The highest BCUT2D eigenvalue weighted by molar-refractivity contribution is 4.81. The molecule has 0 bridgehead atoms. The highest BCUT2D eigenvalue weighted by Gasteiger charge is 1.92. The number of hydrogen-bond donors (Lipinski definition) is 0. The third-order valence-corrected chi connectivity index (χ3v) is 2.66. The largest absolute Gasteiger partial charge is 0.0885 e. The first kappa shape index (κ1) is 9.83. The Morgan fingerprint density at radius 2 is 0.750 bits per heavy atom. The molecule has 0 N–H and O–H groups in total. The summed E-state index contributed by atoms with van der Waals surface area (Å²) in [5.41, 5.74) is 0. The van der Waals surface area contributed by atoms with E-state index in [4.69, 9.17) is 0 Å². The Labute approximate surface area is 77.1 Å². The summed E-state index contributed by atoms with van der Waals surface area (Å²) >= 11 is 0. The van der Waals surface area contributed by atoms with Crippen LogP contribution in [0.3, 0.4) is 0 Å². The van der Waals surface area contributed by atoms with Crippen molar-refractivity contribution in [1.29, 1.82) is 0 Å². The average molecular weight is 166 g/mol. The fourth-order valence-corrected chi connectivity index (χ4v) is 1.82. The van der Waals surface area contributed by atoms with Gasteiger partial charge in [-0.3, -0.25) is 0 Å². The number of rotatable bonds is 0. The van der Waals surface area contributed by atoms with Gasteiger partial charge in [0.05, 0.1) is 0 Å². The zero-order valence-electron chi connectivity index (χ0n) is 8.23. The maximum absolute atomic E-state index is 2.38. The van der Waals surface area contributed by atoms with Crippen molar-refractivity contribution in [2.45, 2.75) is 64.2 Å². The van der Waals surface area contributed by atoms with Crippen LogP contribution in [0.2, 0.25) is 0 Å². The Morgan fingerprint density at radius 1 is 0.417 bits per heavy atom. The van der Waals surface area contributed by atoms with Crippen LogP contribution in [-0.4, -0.2) is 0 Å². The molecule has 0 unspecified atom stereocenters. The molecule has 0 fully saturated rings. The van der Waals surface area contributed by atoms with Gasteiger partial charge in [0, 0.05) is 0 Å². The fraction of sp³-hybridized carbons (Fsp3) is 0.833. The van der Waals surface area contributed by atoms with E-state index in [1.54, 1.807) is 0 Å². The minimum absolute atomic E-state index is 1.32. The van der Waals surface area contributed by atoms with Crippen molar-refractivity contribution in [2.24, 2.45) is 0 Å². The Hall–Kier alpha value is -0.260. The summed E-state index contributed by atoms with van der Waals surface area (Å²) in [6.07, 6.45) is 19.0. The molecule has 0 heteroatoms. The Bertz CT molecular complexity index is 99.2. The van der Waals surface area contributed by atoms with E-state index < -0.39 is 0 Å². The highest BCUT2D eigenvalue weighted by atomic mass is 14.0. The van der Waals surface area contributed by atoms with Crippen molar-refractivity contribution in [1.82, 2.24) is 0 Å². The normalized spacial score (nSPS) is 22.7. The molecule has 1 rings (SSSR count). The van der Waals surface area contributed by atoms with Gasteiger partial charge < -0.3 is 0 Å². The second-order valence-electron chi connectivity index (χ2n) is 3.88. The summed E-state index contributed by atoms with van der Waals surface area (Å²) in [7, 11) is 0. The van der Waals surface area contributed by atoms with E-state index >= 15 is 0 Å². The summed E-state index contributed by atoms with van der Waals surface area (Å²) in [5, 5.41) is 0. The first-order valence-electron chi connectivity index (χ1n) is 5.65. The first-order valence-corrected chi connectivity index (χ1v) is 5.65. The van der Waals surface area contributed by atoms with Crippen LogP contribution in [0.25, 0.3) is 0 Å². The van der Waals surface area contributed by atoms with E-state index in [9.17, 15) is 0 Å². The maximum atomic E-state index is 2.38. The molecule has 0 saturated heterocycles. The maximum Gasteiger partial charge on any atom is -0.0351 e. The molecule has 70 valence electrons. The average Bonchev–Trinajstić information content (AvgIpc) is 2.05. The van der Waals surface area contributed by atoms with Crippen LogP contribution in [0.1, 0.15) is 64.2 Å². The lowest BCUT2D eigenvalue weighted by Crippen LogP contribution is -1.82. The van der Waals surface area contributed by atoms with Crippen LogP contribution in [0.4, 0.5) is 0 Å². The van der Waals surface area contributed by atoms with Crippen LogP contribution in [0, 0.1) is 0 Å². The van der Waals surface area contributed by atoms with Crippen molar-refractivity contribution >= 4 is 0 Å². The Morgan fingerprint density at radius 3 is 1.17 bits per heavy atom. The summed E-state index contributed by atoms with van der Waals surface area (Å²) < 4.78 is 0. The highest BCUT2D eigenvalue weighted by Crippen LogP contribution is 2.12. The molecular formula is C12H22. The van der Waals surface area contributed by atoms with E-state index in [1.165, 1.54) is 64.2 Å². The summed E-state index contributed by atoms with van der Waals surface area (Å²) in [6.45, 7) is 0. The monoisotopic (exact) mass is 166 g/mol. The van der Waals surface area contributed by atoms with Gasteiger partial charge in [0.25, 0.3) is 0 Å². The summed E-state index contributed by atoms with van der Waals surface area (Å²) in [6, 6.07) is 0. The predicted octanol–water partition coefficient (Wildman–Crippen LogP) is 4.46. The summed E-state index contributed by atoms with van der Waals surface area (Å²) in [4.78, 5) is 0. The molecule has 0 saturated carbocycles. The molecule has 0 aromatic heterocycles. The molecule has 0 nitrogen and oxygen atoms in total. The molecular weight excluding hydrogens is 144 g/mol. The van der Waals surface area contributed by atoms with Gasteiger partial charge in [-0.25, -0.2) is 0 Å². The van der Waals surface area contributed by atoms with E-state index in [0.717, 1.165) is 0 Å². The predicted molar refractivity (Wildman–Crippen MR) is 55.3 cm³/mol. The van der Waals surface area contributed by atoms with Crippen molar-refractivity contribution in [3.63, 3.8) is 0 Å². The van der Waals surface area contributed by atoms with Crippen LogP contribution < -0.4 is 0 Å². The van der Waals surface area contributed by atoms with Gasteiger partial charge in [-0.2, -0.15) is 0 Å². The van der Waals surface area contributed by atoms with Crippen molar-refractivity contribution in [2.75, 3.05) is 0 Å². The van der Waals surface area contributed by atoms with E-state index in [-0.39, 0.29) is 0 Å². The van der Waals surface area contributed by atoms with E-state index in [0.29, 0.717) is 0 Å². The van der Waals surface area contributed by atoms with Gasteiger partial charge in [-0.15, -0.1) is 0 Å². The van der Waals surface area contributed by atoms with Crippen molar-refractivity contribution in [3.05, 3.63) is 12.2 Å². The molecule has 0 amide bonds. The molecule has 12 heavy (non-hydrogen) atoms. The zero-order chi connectivity index (χ0) is 8.49. The standard InChI is InChI=1S/C12H22/c1-2-4-6-8-10-12-11-9-7-5-3-1/h1-2H,3-12H2. The lowest BCUT2D eigenvalue weighted by Gasteiger charge is -2.02. The van der Waals surface area contributed by atoms with Crippen molar-refractivity contribution < 1.29 is 0 Å². The van der Waals surface area contributed by atoms with E-state index in [2.05, 4.69) is 12.2 Å². The topological polar surface area (TPSA) is 0 Å². The molecule has 1 aliphatic carbocycles. The zero-order valence-corrected chi connectivity index (χ0v) is 8.23. The van der Waals surface area contributed by atoms with Gasteiger partial charge in [0.1, 0.15) is 0 Å². The lowest BCUT2D eigenvalue weighted by atomic mass is 10.0. The first-order chi connectivity index (χ1) is 6.00. The molecule has 0 aliphatic heterocycles. The van der Waals surface area contributed by atoms with Crippen LogP contribution in [0.15, 0.2) is 12.2 Å². The Kier molecular flexibility index (Phi) is 6.05. The van der Waals surface area contributed by atoms with Gasteiger partial charge >= 0.3 is 0 Å². The van der Waals surface area contributed by atoms with Crippen LogP contribution in [0.5, 0.6) is 0 Å². The van der Waals surface area contributed by atoms with E-state index in [1.807, 2.05) is 0 Å². The molecule has 0 atom stereocenters. The molecule has 0 aromatic carbocycles. The number of hydrogen-bond acceptors (Lipinski definition) is 0. The van der Waals surface area contributed by atoms with Gasteiger partial charge in [-0.1, -0.05) is 50.7 Å². The third kappa shape index (κ3) is 5.40.